The minimum atomic E-state index is -2.29. The molecule has 2 N–H and O–H groups in total. The number of halogens is 2. The molecule has 2 aromatic rings. The molecule has 0 unspecified atom stereocenters. The second-order valence-corrected chi connectivity index (χ2v) is 17.3. The van der Waals surface area contributed by atoms with Gasteiger partial charge in [-0.15, -0.1) is 0 Å². The minimum absolute atomic E-state index is 0.0969. The largest absolute Gasteiger partial charge is 0.460 e. The Morgan fingerprint density at radius 3 is 2.34 bits per heavy atom. The van der Waals surface area contributed by atoms with Gasteiger partial charge in [0.2, 0.25) is 8.32 Å². The zero-order chi connectivity index (χ0) is 25.5. The highest BCUT2D eigenvalue weighted by molar-refractivity contribution is 9.09. The van der Waals surface area contributed by atoms with Crippen molar-refractivity contribution in [1.29, 1.82) is 0 Å². The van der Waals surface area contributed by atoms with Gasteiger partial charge < -0.3 is 19.6 Å². The van der Waals surface area contributed by atoms with Crippen molar-refractivity contribution in [1.82, 2.24) is 19.5 Å². The summed E-state index contributed by atoms with van der Waals surface area (Å²) in [7, 11) is -2.29. The molecule has 0 bridgehead atoms. The summed E-state index contributed by atoms with van der Waals surface area (Å²) in [5.41, 5.74) is 8.33. The molecule has 4 rings (SSSR count). The molecule has 35 heavy (non-hydrogen) atoms. The molecule has 0 spiro atoms. The van der Waals surface area contributed by atoms with E-state index in [0.29, 0.717) is 27.8 Å². The summed E-state index contributed by atoms with van der Waals surface area (Å²) in [4.78, 5) is 13.2. The molecular formula is C24H39BrFN5O3Si. The lowest BCUT2D eigenvalue weighted by Crippen LogP contribution is -2.52. The SMILES string of the molecule is CC(C)[Si](O[C@@H]1[C@@H](Br)[C@@H](CF)O[C@H]1n1cnc2c(N)nc(OC3CCCC3)nc21)(C(C)C)C(C)C. The monoisotopic (exact) mass is 571 g/mol. The number of nitrogen functional groups attached to an aromatic ring is 1. The Labute approximate surface area is 216 Å². The molecule has 1 saturated heterocycles. The summed E-state index contributed by atoms with van der Waals surface area (Å²) < 4.78 is 35.2. The fraction of sp³-hybridized carbons (Fsp3) is 0.792. The first kappa shape index (κ1) is 26.8. The highest BCUT2D eigenvalue weighted by Gasteiger charge is 2.53. The Morgan fingerprint density at radius 2 is 1.77 bits per heavy atom. The van der Waals surface area contributed by atoms with Crippen molar-refractivity contribution in [3.63, 3.8) is 0 Å². The molecule has 3 heterocycles. The average Bonchev–Trinajstić information content (AvgIpc) is 3.51. The van der Waals surface area contributed by atoms with E-state index in [1.165, 1.54) is 0 Å². The van der Waals surface area contributed by atoms with Gasteiger partial charge in [0.05, 0.1) is 11.2 Å². The van der Waals surface area contributed by atoms with Gasteiger partial charge in [0.15, 0.2) is 23.2 Å². The predicted octanol–water partition coefficient (Wildman–Crippen LogP) is 5.92. The molecule has 1 saturated carbocycles. The van der Waals surface area contributed by atoms with Crippen LogP contribution in [-0.4, -0.2) is 57.7 Å². The van der Waals surface area contributed by atoms with Gasteiger partial charge in [-0.3, -0.25) is 4.57 Å². The number of aromatic nitrogens is 4. The number of nitrogens with zero attached hydrogens (tertiary/aromatic N) is 4. The Balaban J connectivity index is 1.74. The standard InChI is InChI=1S/C24H39BrFN5O3Si/c1-13(2)35(14(3)4,15(5)6)34-20-18(25)17(11-26)33-23(20)31-12-28-19-21(27)29-24(30-22(19)31)32-16-9-7-8-10-16/h12-18,20,23H,7-11H2,1-6H3,(H2,27,29,30)/t17-,18+,20-,23-/m1/s1. The van der Waals surface area contributed by atoms with Gasteiger partial charge >= 0.3 is 6.01 Å². The summed E-state index contributed by atoms with van der Waals surface area (Å²) >= 11 is 3.73. The molecule has 4 atom stereocenters. The molecule has 2 aliphatic rings. The first-order chi connectivity index (χ1) is 16.6. The lowest BCUT2D eigenvalue weighted by molar-refractivity contribution is -0.0379. The first-order valence-corrected chi connectivity index (χ1v) is 15.9. The van der Waals surface area contributed by atoms with Gasteiger partial charge in [0.1, 0.15) is 25.0 Å². The van der Waals surface area contributed by atoms with E-state index in [9.17, 15) is 4.39 Å². The number of hydrogen-bond acceptors (Lipinski definition) is 7. The van der Waals surface area contributed by atoms with Crippen LogP contribution in [0.15, 0.2) is 6.33 Å². The highest BCUT2D eigenvalue weighted by Crippen LogP contribution is 2.48. The van der Waals surface area contributed by atoms with Crippen LogP contribution in [0.25, 0.3) is 11.2 Å². The zero-order valence-electron chi connectivity index (χ0n) is 21.6. The third-order valence-electron chi connectivity index (χ3n) is 7.74. The zero-order valence-corrected chi connectivity index (χ0v) is 24.2. The van der Waals surface area contributed by atoms with Crippen LogP contribution in [0.5, 0.6) is 6.01 Å². The van der Waals surface area contributed by atoms with Crippen LogP contribution in [0.4, 0.5) is 10.2 Å². The number of imidazole rings is 1. The van der Waals surface area contributed by atoms with E-state index in [-0.39, 0.29) is 22.8 Å². The Morgan fingerprint density at radius 1 is 1.14 bits per heavy atom. The third kappa shape index (κ3) is 4.85. The molecule has 8 nitrogen and oxygen atoms in total. The van der Waals surface area contributed by atoms with Crippen LogP contribution in [0.3, 0.4) is 0 Å². The summed E-state index contributed by atoms with van der Waals surface area (Å²) in [6, 6.07) is 0.242. The van der Waals surface area contributed by atoms with Crippen molar-refractivity contribution < 1.29 is 18.3 Å². The molecular weight excluding hydrogens is 533 g/mol. The van der Waals surface area contributed by atoms with E-state index < -0.39 is 33.4 Å². The molecule has 0 radical (unpaired) electrons. The van der Waals surface area contributed by atoms with Crippen molar-refractivity contribution in [2.75, 3.05) is 12.4 Å². The number of fused-ring (bicyclic) bond motifs is 1. The number of rotatable bonds is 9. The summed E-state index contributed by atoms with van der Waals surface area (Å²) in [5, 5.41) is 0. The maximum Gasteiger partial charge on any atom is 0.320 e. The smallest absolute Gasteiger partial charge is 0.320 e. The average molecular weight is 573 g/mol. The predicted molar refractivity (Wildman–Crippen MR) is 141 cm³/mol. The Kier molecular flexibility index (Phi) is 8.09. The lowest BCUT2D eigenvalue weighted by atomic mass is 10.2. The van der Waals surface area contributed by atoms with Crippen LogP contribution in [0.1, 0.15) is 73.5 Å². The van der Waals surface area contributed by atoms with Crippen LogP contribution < -0.4 is 10.5 Å². The summed E-state index contributed by atoms with van der Waals surface area (Å²) in [6.45, 7) is 12.8. The number of alkyl halides is 2. The van der Waals surface area contributed by atoms with Gasteiger partial charge in [0.25, 0.3) is 0 Å². The van der Waals surface area contributed by atoms with Crippen molar-refractivity contribution in [3.05, 3.63) is 6.33 Å². The molecule has 11 heteroatoms. The van der Waals surface area contributed by atoms with E-state index in [1.807, 2.05) is 4.57 Å². The van der Waals surface area contributed by atoms with Crippen molar-refractivity contribution in [2.45, 2.75) is 113 Å². The highest BCUT2D eigenvalue weighted by atomic mass is 79.9. The maximum atomic E-state index is 14.0. The molecule has 2 fully saturated rings. The van der Waals surface area contributed by atoms with Crippen molar-refractivity contribution in [3.8, 4) is 6.01 Å². The minimum Gasteiger partial charge on any atom is -0.460 e. The van der Waals surface area contributed by atoms with Crippen molar-refractivity contribution in [2.24, 2.45) is 0 Å². The summed E-state index contributed by atoms with van der Waals surface area (Å²) in [6.07, 6.45) is 4.31. The molecule has 0 aromatic carbocycles. The van der Waals surface area contributed by atoms with Gasteiger partial charge in [0, 0.05) is 0 Å². The third-order valence-corrected chi connectivity index (χ3v) is 14.9. The van der Waals surface area contributed by atoms with Crippen LogP contribution >= 0.6 is 15.9 Å². The topological polar surface area (TPSA) is 97.3 Å². The van der Waals surface area contributed by atoms with Crippen LogP contribution in [0.2, 0.25) is 16.6 Å². The second-order valence-electron chi connectivity index (χ2n) is 10.8. The fourth-order valence-electron chi connectivity index (χ4n) is 6.12. The van der Waals surface area contributed by atoms with Gasteiger partial charge in [-0.05, 0) is 42.3 Å². The van der Waals surface area contributed by atoms with E-state index >= 15 is 0 Å². The number of hydrogen-bond donors (Lipinski definition) is 1. The fourth-order valence-corrected chi connectivity index (χ4v) is 12.5. The number of nitrogens with two attached hydrogens (primary N) is 1. The van der Waals surface area contributed by atoms with E-state index in [2.05, 4.69) is 72.4 Å². The van der Waals surface area contributed by atoms with Gasteiger partial charge in [-0.1, -0.05) is 57.5 Å². The van der Waals surface area contributed by atoms with Crippen molar-refractivity contribution >= 4 is 41.2 Å². The second kappa shape index (κ2) is 10.6. The molecule has 1 aliphatic carbocycles. The van der Waals surface area contributed by atoms with E-state index in [0.717, 1.165) is 25.7 Å². The van der Waals surface area contributed by atoms with Gasteiger partial charge in [-0.25, -0.2) is 9.37 Å². The van der Waals surface area contributed by atoms with Crippen LogP contribution in [-0.2, 0) is 9.16 Å². The summed E-state index contributed by atoms with van der Waals surface area (Å²) in [5.74, 6) is 0.255. The number of anilines is 1. The van der Waals surface area contributed by atoms with Crippen LogP contribution in [0, 0.1) is 0 Å². The normalized spacial score (nSPS) is 26.1. The Hall–Kier alpha value is -1.30. The Bertz CT molecular complexity index is 995. The molecule has 196 valence electrons. The quantitative estimate of drug-likeness (QED) is 0.294. The molecule has 0 amide bonds. The molecule has 2 aromatic heterocycles. The van der Waals surface area contributed by atoms with E-state index in [4.69, 9.17) is 19.6 Å². The molecule has 1 aliphatic heterocycles. The van der Waals surface area contributed by atoms with E-state index in [1.54, 1.807) is 6.33 Å². The van der Waals surface area contributed by atoms with Gasteiger partial charge in [-0.2, -0.15) is 9.97 Å². The maximum absolute atomic E-state index is 14.0. The number of ether oxygens (including phenoxy) is 2. The lowest BCUT2D eigenvalue weighted by Gasteiger charge is -2.45. The first-order valence-electron chi connectivity index (χ1n) is 12.8.